The Morgan fingerprint density at radius 3 is 2.35 bits per heavy atom. The minimum Gasteiger partial charge on any atom is -0.495 e. The van der Waals surface area contributed by atoms with Crippen LogP contribution in [0.1, 0.15) is 19.4 Å². The lowest BCUT2D eigenvalue weighted by Crippen LogP contribution is -2.27. The summed E-state index contributed by atoms with van der Waals surface area (Å²) in [6.45, 7) is 7.85. The van der Waals surface area contributed by atoms with Gasteiger partial charge in [0.25, 0.3) is 0 Å². The lowest BCUT2D eigenvalue weighted by atomic mass is 10.0. The van der Waals surface area contributed by atoms with E-state index < -0.39 is 0 Å². The number of nitrogens with one attached hydrogen (secondary N) is 2. The quantitative estimate of drug-likeness (QED) is 0.195. The van der Waals surface area contributed by atoms with Gasteiger partial charge in [0.15, 0.2) is 0 Å². The van der Waals surface area contributed by atoms with Crippen LogP contribution in [0.4, 0.5) is 23.1 Å². The van der Waals surface area contributed by atoms with E-state index >= 15 is 0 Å². The van der Waals surface area contributed by atoms with Crippen LogP contribution >= 0.6 is 0 Å². The van der Waals surface area contributed by atoms with Crippen LogP contribution in [0.2, 0.25) is 0 Å². The first kappa shape index (κ1) is 28.4. The number of methoxy groups -OCH3 is 1. The van der Waals surface area contributed by atoms with Gasteiger partial charge in [0.05, 0.1) is 19.2 Å². The number of carbonyl (C=O) groups is 1. The van der Waals surface area contributed by atoms with Crippen LogP contribution in [0, 0.1) is 0 Å². The number of primary amides is 1. The van der Waals surface area contributed by atoms with E-state index in [0.717, 1.165) is 53.4 Å². The monoisotopic (exact) mass is 540 g/mol. The van der Waals surface area contributed by atoms with Gasteiger partial charge >= 0.3 is 0 Å². The zero-order valence-electron chi connectivity index (χ0n) is 23.2. The Labute approximate surface area is 235 Å². The lowest BCUT2D eigenvalue weighted by Gasteiger charge is -2.18. The summed E-state index contributed by atoms with van der Waals surface area (Å²) in [7, 11) is 1.63. The van der Waals surface area contributed by atoms with Crippen molar-refractivity contribution < 1.29 is 14.3 Å². The average Bonchev–Trinajstić information content (AvgIpc) is 2.97. The number of hydrogen-bond acceptors (Lipinski definition) is 8. The number of nitrogens with two attached hydrogens (primary N) is 1. The van der Waals surface area contributed by atoms with Gasteiger partial charge in [-0.3, -0.25) is 4.79 Å². The molecule has 9 nitrogen and oxygen atoms in total. The fourth-order valence-corrected chi connectivity index (χ4v) is 4.22. The summed E-state index contributed by atoms with van der Waals surface area (Å²) >= 11 is 0. The van der Waals surface area contributed by atoms with Crippen molar-refractivity contribution in [1.29, 1.82) is 0 Å². The third-order valence-electron chi connectivity index (χ3n) is 6.47. The molecule has 208 valence electrons. The van der Waals surface area contributed by atoms with Crippen molar-refractivity contribution in [2.24, 2.45) is 5.73 Å². The molecule has 9 heteroatoms. The highest BCUT2D eigenvalue weighted by atomic mass is 16.5. The van der Waals surface area contributed by atoms with Crippen LogP contribution in [-0.2, 0) is 11.2 Å². The Balaban J connectivity index is 1.55. The van der Waals surface area contributed by atoms with Crippen molar-refractivity contribution >= 4 is 29.0 Å². The molecule has 4 aromatic rings. The summed E-state index contributed by atoms with van der Waals surface area (Å²) in [5, 5.41) is 6.68. The zero-order chi connectivity index (χ0) is 28.3. The molecule has 1 aromatic heterocycles. The van der Waals surface area contributed by atoms with Crippen molar-refractivity contribution in [2.75, 3.05) is 44.0 Å². The highest BCUT2D eigenvalue weighted by Crippen LogP contribution is 2.33. The van der Waals surface area contributed by atoms with Crippen molar-refractivity contribution in [3.63, 3.8) is 0 Å². The van der Waals surface area contributed by atoms with Crippen LogP contribution in [0.5, 0.6) is 11.5 Å². The Hall–Kier alpha value is -4.63. The summed E-state index contributed by atoms with van der Waals surface area (Å²) in [4.78, 5) is 23.0. The van der Waals surface area contributed by atoms with E-state index in [4.69, 9.17) is 20.2 Å². The topological polar surface area (TPSA) is 115 Å². The molecular formula is C31H36N6O3. The number of amides is 1. The first-order valence-corrected chi connectivity index (χ1v) is 13.4. The highest BCUT2D eigenvalue weighted by molar-refractivity contribution is 5.81. The Morgan fingerprint density at radius 1 is 0.950 bits per heavy atom. The molecule has 0 bridgehead atoms. The fourth-order valence-electron chi connectivity index (χ4n) is 4.22. The number of ether oxygens (including phenoxy) is 2. The lowest BCUT2D eigenvalue weighted by molar-refractivity contribution is -0.117. The normalized spacial score (nSPS) is 10.8. The second-order valence-electron chi connectivity index (χ2n) is 9.15. The molecule has 0 aliphatic rings. The van der Waals surface area contributed by atoms with Crippen molar-refractivity contribution in [1.82, 2.24) is 14.9 Å². The number of aromatic nitrogens is 2. The van der Waals surface area contributed by atoms with Gasteiger partial charge in [0, 0.05) is 24.0 Å². The summed E-state index contributed by atoms with van der Waals surface area (Å²) in [5.41, 5.74) is 9.48. The second-order valence-corrected chi connectivity index (χ2v) is 9.15. The summed E-state index contributed by atoms with van der Waals surface area (Å²) in [6.07, 6.45) is 1.95. The number of para-hydroxylation sites is 2. The summed E-state index contributed by atoms with van der Waals surface area (Å²) < 4.78 is 11.4. The maximum Gasteiger partial charge on any atom is 0.229 e. The van der Waals surface area contributed by atoms with Crippen LogP contribution in [0.3, 0.4) is 0 Å². The van der Waals surface area contributed by atoms with E-state index in [0.29, 0.717) is 24.1 Å². The fraction of sp³-hybridized carbons (Fsp3) is 0.258. The minimum absolute atomic E-state index is 0.186. The Bertz CT molecular complexity index is 1390. The number of anilines is 4. The van der Waals surface area contributed by atoms with Crippen LogP contribution in [0.15, 0.2) is 79.0 Å². The molecule has 3 aromatic carbocycles. The Morgan fingerprint density at radius 2 is 1.68 bits per heavy atom. The molecule has 0 atom stereocenters. The van der Waals surface area contributed by atoms with Gasteiger partial charge in [-0.15, -0.1) is 0 Å². The largest absolute Gasteiger partial charge is 0.495 e. The van der Waals surface area contributed by atoms with Gasteiger partial charge in [0.2, 0.25) is 11.9 Å². The summed E-state index contributed by atoms with van der Waals surface area (Å²) in [5.74, 6) is 2.16. The van der Waals surface area contributed by atoms with Gasteiger partial charge in [-0.1, -0.05) is 50.2 Å². The van der Waals surface area contributed by atoms with Crippen LogP contribution < -0.4 is 25.8 Å². The molecule has 4 N–H and O–H groups in total. The zero-order valence-corrected chi connectivity index (χ0v) is 23.2. The van der Waals surface area contributed by atoms with E-state index in [1.165, 1.54) is 0 Å². The predicted octanol–water partition coefficient (Wildman–Crippen LogP) is 5.39. The molecule has 1 amide bonds. The predicted molar refractivity (Wildman–Crippen MR) is 160 cm³/mol. The molecule has 0 saturated carbocycles. The number of benzene rings is 3. The van der Waals surface area contributed by atoms with Gasteiger partial charge in [0.1, 0.15) is 23.9 Å². The number of rotatable bonds is 14. The molecule has 0 aliphatic carbocycles. The van der Waals surface area contributed by atoms with Crippen LogP contribution in [-0.4, -0.2) is 54.1 Å². The number of hydrogen-bond donors (Lipinski definition) is 3. The first-order valence-electron chi connectivity index (χ1n) is 13.4. The van der Waals surface area contributed by atoms with Crippen molar-refractivity contribution in [3.8, 4) is 22.6 Å². The van der Waals surface area contributed by atoms with E-state index in [9.17, 15) is 4.79 Å². The number of nitrogens with zero attached hydrogens (tertiary/aromatic N) is 3. The molecule has 0 spiro atoms. The molecule has 0 unspecified atom stereocenters. The summed E-state index contributed by atoms with van der Waals surface area (Å²) in [6, 6.07) is 23.0. The number of carbonyl (C=O) groups excluding carboxylic acids is 1. The molecule has 40 heavy (non-hydrogen) atoms. The molecule has 0 radical (unpaired) electrons. The highest BCUT2D eigenvalue weighted by Gasteiger charge is 2.13. The maximum atomic E-state index is 11.3. The number of likely N-dealkylation sites (N-methyl/N-ethyl adjacent to an activating group) is 1. The SMILES string of the molecule is CCN(CC)CCOc1ccc(Nc2ncc(-c3ccc(CC(N)=O)cc3)c(Nc3ccccc3OC)n2)cc1. The standard InChI is InChI=1S/C31H36N6O3/c1-4-37(5-2)18-19-40-25-16-14-24(15-17-25)34-31-33-21-26(23-12-10-22(11-13-23)20-29(32)38)30(36-31)35-27-8-6-7-9-28(27)39-3/h6-17,21H,4-5,18-20H2,1-3H3,(H2,32,38)(H2,33,34,35,36). The van der Waals surface area contributed by atoms with E-state index in [2.05, 4.69) is 34.4 Å². The molecular weight excluding hydrogens is 504 g/mol. The minimum atomic E-state index is -0.371. The van der Waals surface area contributed by atoms with E-state index in [1.54, 1.807) is 13.3 Å². The Kier molecular flexibility index (Phi) is 9.90. The molecule has 0 aliphatic heterocycles. The van der Waals surface area contributed by atoms with E-state index in [1.807, 2.05) is 72.8 Å². The molecule has 1 heterocycles. The van der Waals surface area contributed by atoms with Gasteiger partial charge in [-0.25, -0.2) is 4.98 Å². The van der Waals surface area contributed by atoms with Gasteiger partial charge in [-0.2, -0.15) is 4.98 Å². The molecule has 0 fully saturated rings. The first-order chi connectivity index (χ1) is 19.5. The second kappa shape index (κ2) is 14.0. The third kappa shape index (κ3) is 7.70. The third-order valence-corrected chi connectivity index (χ3v) is 6.47. The van der Waals surface area contributed by atoms with Crippen molar-refractivity contribution in [3.05, 3.63) is 84.6 Å². The maximum absolute atomic E-state index is 11.3. The van der Waals surface area contributed by atoms with Crippen molar-refractivity contribution in [2.45, 2.75) is 20.3 Å². The average molecular weight is 541 g/mol. The van der Waals surface area contributed by atoms with E-state index in [-0.39, 0.29) is 12.3 Å². The molecule has 4 rings (SSSR count). The van der Waals surface area contributed by atoms with Crippen LogP contribution in [0.25, 0.3) is 11.1 Å². The van der Waals surface area contributed by atoms with Gasteiger partial charge in [-0.05, 0) is 60.6 Å². The molecule has 0 saturated heterocycles. The van der Waals surface area contributed by atoms with Gasteiger partial charge < -0.3 is 30.7 Å². The smallest absolute Gasteiger partial charge is 0.229 e.